The van der Waals surface area contributed by atoms with Gasteiger partial charge in [-0.3, -0.25) is 0 Å². The standard InChI is InChI=1S/C18H21BrClN/c1-13(21-16-11-7-10-15(20)17(16)19)12-18(2,3)14-8-5-4-6-9-14/h4-11,13,21H,12H2,1-3H3. The molecule has 2 aromatic carbocycles. The van der Waals surface area contributed by atoms with Crippen LogP contribution in [0.1, 0.15) is 32.8 Å². The van der Waals surface area contributed by atoms with Crippen molar-refractivity contribution in [2.45, 2.75) is 38.6 Å². The van der Waals surface area contributed by atoms with E-state index in [4.69, 9.17) is 11.6 Å². The molecule has 0 fully saturated rings. The summed E-state index contributed by atoms with van der Waals surface area (Å²) in [6, 6.07) is 16.9. The molecule has 1 atom stereocenters. The monoisotopic (exact) mass is 365 g/mol. The van der Waals surface area contributed by atoms with E-state index < -0.39 is 0 Å². The van der Waals surface area contributed by atoms with Crippen LogP contribution in [-0.4, -0.2) is 6.04 Å². The lowest BCUT2D eigenvalue weighted by Crippen LogP contribution is -2.27. The maximum absolute atomic E-state index is 6.14. The fourth-order valence-electron chi connectivity index (χ4n) is 2.70. The minimum absolute atomic E-state index is 0.124. The number of hydrogen-bond donors (Lipinski definition) is 1. The van der Waals surface area contributed by atoms with Gasteiger partial charge in [0.15, 0.2) is 0 Å². The van der Waals surface area contributed by atoms with Gasteiger partial charge in [-0.2, -0.15) is 0 Å². The number of rotatable bonds is 5. The minimum Gasteiger partial charge on any atom is -0.382 e. The van der Waals surface area contributed by atoms with Crippen LogP contribution in [0.25, 0.3) is 0 Å². The first-order valence-corrected chi connectivity index (χ1v) is 8.33. The Kier molecular flexibility index (Phi) is 5.34. The van der Waals surface area contributed by atoms with Crippen LogP contribution in [-0.2, 0) is 5.41 Å². The maximum Gasteiger partial charge on any atom is 0.0593 e. The molecule has 2 rings (SSSR count). The van der Waals surface area contributed by atoms with E-state index in [1.54, 1.807) is 0 Å². The number of hydrogen-bond acceptors (Lipinski definition) is 1. The van der Waals surface area contributed by atoms with Gasteiger partial charge in [0.05, 0.1) is 15.2 Å². The highest BCUT2D eigenvalue weighted by atomic mass is 79.9. The summed E-state index contributed by atoms with van der Waals surface area (Å²) in [6.07, 6.45) is 1.04. The van der Waals surface area contributed by atoms with Crippen LogP contribution >= 0.6 is 27.5 Å². The van der Waals surface area contributed by atoms with Gasteiger partial charge in [-0.1, -0.05) is 61.8 Å². The van der Waals surface area contributed by atoms with Gasteiger partial charge in [0.1, 0.15) is 0 Å². The second kappa shape index (κ2) is 6.85. The third kappa shape index (κ3) is 4.24. The SMILES string of the molecule is CC(CC(C)(C)c1ccccc1)Nc1cccc(Cl)c1Br. The van der Waals surface area contributed by atoms with Gasteiger partial charge in [0.2, 0.25) is 0 Å². The normalized spacial score (nSPS) is 13.0. The first-order valence-electron chi connectivity index (χ1n) is 7.16. The van der Waals surface area contributed by atoms with Crippen LogP contribution in [0.3, 0.4) is 0 Å². The lowest BCUT2D eigenvalue weighted by atomic mass is 9.79. The Labute approximate surface area is 140 Å². The number of anilines is 1. The Morgan fingerprint density at radius 2 is 1.76 bits per heavy atom. The van der Waals surface area contributed by atoms with E-state index in [1.165, 1.54) is 5.56 Å². The highest BCUT2D eigenvalue weighted by Crippen LogP contribution is 2.33. The average molecular weight is 367 g/mol. The van der Waals surface area contributed by atoms with Crippen LogP contribution in [0.15, 0.2) is 53.0 Å². The molecule has 0 aliphatic heterocycles. The Hall–Kier alpha value is -0.990. The fourth-order valence-corrected chi connectivity index (χ4v) is 3.26. The molecular formula is C18H21BrClN. The van der Waals surface area contributed by atoms with E-state index in [0.29, 0.717) is 6.04 Å². The second-order valence-corrected chi connectivity index (χ2v) is 7.30. The van der Waals surface area contributed by atoms with Crippen molar-refractivity contribution in [3.8, 4) is 0 Å². The van der Waals surface area contributed by atoms with Gasteiger partial charge < -0.3 is 5.32 Å². The summed E-state index contributed by atoms with van der Waals surface area (Å²) in [6.45, 7) is 6.78. The summed E-state index contributed by atoms with van der Waals surface area (Å²) < 4.78 is 0.927. The highest BCUT2D eigenvalue weighted by Gasteiger charge is 2.23. The Morgan fingerprint density at radius 1 is 1.10 bits per heavy atom. The van der Waals surface area contributed by atoms with Crippen molar-refractivity contribution in [1.82, 2.24) is 0 Å². The van der Waals surface area contributed by atoms with E-state index in [1.807, 2.05) is 18.2 Å². The van der Waals surface area contributed by atoms with E-state index in [0.717, 1.165) is 21.6 Å². The molecule has 0 aliphatic carbocycles. The van der Waals surface area contributed by atoms with E-state index in [9.17, 15) is 0 Å². The second-order valence-electron chi connectivity index (χ2n) is 6.10. The first-order chi connectivity index (χ1) is 9.90. The summed E-state index contributed by atoms with van der Waals surface area (Å²) in [5, 5.41) is 4.28. The molecule has 1 N–H and O–H groups in total. The molecule has 0 bridgehead atoms. The molecule has 3 heteroatoms. The van der Waals surface area contributed by atoms with Crippen molar-refractivity contribution in [3.05, 3.63) is 63.6 Å². The number of halogens is 2. The van der Waals surface area contributed by atoms with Gasteiger partial charge in [0.25, 0.3) is 0 Å². The van der Waals surface area contributed by atoms with E-state index in [2.05, 4.69) is 72.3 Å². The topological polar surface area (TPSA) is 12.0 Å². The minimum atomic E-state index is 0.124. The summed E-state index contributed by atoms with van der Waals surface area (Å²) in [5.41, 5.74) is 2.53. The van der Waals surface area contributed by atoms with Crippen LogP contribution in [0.5, 0.6) is 0 Å². The number of nitrogens with one attached hydrogen (secondary N) is 1. The Balaban J connectivity index is 2.08. The van der Waals surface area contributed by atoms with Crippen molar-refractivity contribution in [3.63, 3.8) is 0 Å². The van der Waals surface area contributed by atoms with Crippen molar-refractivity contribution in [1.29, 1.82) is 0 Å². The predicted octanol–water partition coefficient (Wildman–Crippen LogP) is 6.27. The van der Waals surface area contributed by atoms with E-state index in [-0.39, 0.29) is 5.41 Å². The molecule has 112 valence electrons. The molecule has 0 aliphatic rings. The third-order valence-corrected chi connectivity index (χ3v) is 5.12. The van der Waals surface area contributed by atoms with Gasteiger partial charge >= 0.3 is 0 Å². The molecular weight excluding hydrogens is 346 g/mol. The lowest BCUT2D eigenvalue weighted by molar-refractivity contribution is 0.450. The quantitative estimate of drug-likeness (QED) is 0.657. The molecule has 1 unspecified atom stereocenters. The zero-order chi connectivity index (χ0) is 15.5. The Morgan fingerprint density at radius 3 is 2.43 bits per heavy atom. The molecule has 2 aromatic rings. The Bertz CT molecular complexity index is 595. The number of benzene rings is 2. The van der Waals surface area contributed by atoms with Crippen molar-refractivity contribution in [2.24, 2.45) is 0 Å². The van der Waals surface area contributed by atoms with Crippen molar-refractivity contribution >= 4 is 33.2 Å². The fraction of sp³-hybridized carbons (Fsp3) is 0.333. The molecule has 0 amide bonds. The molecule has 0 saturated heterocycles. The molecule has 0 spiro atoms. The summed E-state index contributed by atoms with van der Waals surface area (Å²) in [4.78, 5) is 0. The van der Waals surface area contributed by atoms with Gasteiger partial charge in [0, 0.05) is 6.04 Å². The molecule has 0 radical (unpaired) electrons. The first kappa shape index (κ1) is 16.4. The van der Waals surface area contributed by atoms with Crippen LogP contribution in [0.4, 0.5) is 5.69 Å². The molecule has 0 saturated carbocycles. The summed E-state index contributed by atoms with van der Waals surface area (Å²) in [7, 11) is 0. The highest BCUT2D eigenvalue weighted by molar-refractivity contribution is 9.10. The predicted molar refractivity (Wildman–Crippen MR) is 96.3 cm³/mol. The molecule has 0 aromatic heterocycles. The lowest BCUT2D eigenvalue weighted by Gasteiger charge is -2.30. The summed E-state index contributed by atoms with van der Waals surface area (Å²) >= 11 is 9.68. The summed E-state index contributed by atoms with van der Waals surface area (Å²) in [5.74, 6) is 0. The largest absolute Gasteiger partial charge is 0.382 e. The molecule has 1 nitrogen and oxygen atoms in total. The smallest absolute Gasteiger partial charge is 0.0593 e. The van der Waals surface area contributed by atoms with E-state index >= 15 is 0 Å². The third-order valence-electron chi connectivity index (χ3n) is 3.73. The van der Waals surface area contributed by atoms with Crippen molar-refractivity contribution < 1.29 is 0 Å². The average Bonchev–Trinajstić information content (AvgIpc) is 2.44. The van der Waals surface area contributed by atoms with Crippen LogP contribution < -0.4 is 5.32 Å². The van der Waals surface area contributed by atoms with Gasteiger partial charge in [-0.15, -0.1) is 0 Å². The zero-order valence-corrected chi connectivity index (χ0v) is 15.0. The molecule has 0 heterocycles. The van der Waals surface area contributed by atoms with Gasteiger partial charge in [-0.25, -0.2) is 0 Å². The van der Waals surface area contributed by atoms with Crippen molar-refractivity contribution in [2.75, 3.05) is 5.32 Å². The van der Waals surface area contributed by atoms with Gasteiger partial charge in [-0.05, 0) is 52.4 Å². The maximum atomic E-state index is 6.14. The zero-order valence-electron chi connectivity index (χ0n) is 12.7. The molecule has 21 heavy (non-hydrogen) atoms. The van der Waals surface area contributed by atoms with Crippen LogP contribution in [0, 0.1) is 0 Å². The van der Waals surface area contributed by atoms with Crippen LogP contribution in [0.2, 0.25) is 5.02 Å².